The van der Waals surface area contributed by atoms with E-state index in [9.17, 15) is 0 Å². The maximum absolute atomic E-state index is 3.56. The van der Waals surface area contributed by atoms with Crippen LogP contribution in [0.25, 0.3) is 0 Å². The van der Waals surface area contributed by atoms with Crippen molar-refractivity contribution < 1.29 is 0 Å². The Morgan fingerprint density at radius 1 is 1.07 bits per heavy atom. The molecular formula is C13H28N2. The van der Waals surface area contributed by atoms with Crippen LogP contribution < -0.4 is 5.32 Å². The average molecular weight is 212 g/mol. The van der Waals surface area contributed by atoms with Crippen LogP contribution in [0.1, 0.15) is 46.5 Å². The van der Waals surface area contributed by atoms with Gasteiger partial charge in [0.15, 0.2) is 0 Å². The Balaban J connectivity index is 2.48. The van der Waals surface area contributed by atoms with E-state index in [2.05, 4.69) is 31.0 Å². The molecule has 2 nitrogen and oxygen atoms in total. The Morgan fingerprint density at radius 3 is 2.13 bits per heavy atom. The van der Waals surface area contributed by atoms with E-state index < -0.39 is 0 Å². The largest absolute Gasteiger partial charge is 0.316 e. The molecule has 0 spiro atoms. The summed E-state index contributed by atoms with van der Waals surface area (Å²) >= 11 is 0. The van der Waals surface area contributed by atoms with Crippen molar-refractivity contribution in [1.29, 1.82) is 0 Å². The number of hydrogen-bond donors (Lipinski definition) is 1. The Morgan fingerprint density at radius 2 is 1.67 bits per heavy atom. The first kappa shape index (κ1) is 13.0. The van der Waals surface area contributed by atoms with Gasteiger partial charge in [-0.15, -0.1) is 0 Å². The molecule has 0 aromatic carbocycles. The van der Waals surface area contributed by atoms with Crippen molar-refractivity contribution in [2.75, 3.05) is 32.7 Å². The third kappa shape index (κ3) is 3.76. The summed E-state index contributed by atoms with van der Waals surface area (Å²) in [6, 6.07) is 0. The molecule has 0 amide bonds. The van der Waals surface area contributed by atoms with Gasteiger partial charge < -0.3 is 10.2 Å². The fraction of sp³-hybridized carbons (Fsp3) is 1.00. The van der Waals surface area contributed by atoms with Crippen LogP contribution in [0.4, 0.5) is 0 Å². The summed E-state index contributed by atoms with van der Waals surface area (Å²) in [6.07, 6.45) is 5.73. The molecule has 0 heterocycles. The van der Waals surface area contributed by atoms with Crippen molar-refractivity contribution in [2.45, 2.75) is 46.5 Å². The van der Waals surface area contributed by atoms with Crippen LogP contribution in [0.2, 0.25) is 0 Å². The van der Waals surface area contributed by atoms with Crippen LogP contribution in [0.5, 0.6) is 0 Å². The predicted octanol–water partition coefficient (Wildman–Crippen LogP) is 2.50. The Bertz CT molecular complexity index is 158. The first-order valence-electron chi connectivity index (χ1n) is 6.69. The first-order valence-corrected chi connectivity index (χ1v) is 6.69. The topological polar surface area (TPSA) is 15.3 Å². The lowest BCUT2D eigenvalue weighted by atomic mass is 9.85. The van der Waals surface area contributed by atoms with Crippen LogP contribution in [0.15, 0.2) is 0 Å². The average Bonchev–Trinajstić information content (AvgIpc) is 2.72. The van der Waals surface area contributed by atoms with Gasteiger partial charge in [-0.05, 0) is 37.9 Å². The molecule has 0 atom stereocenters. The smallest absolute Gasteiger partial charge is 0.00499 e. The SMILES string of the molecule is CCNCC1(CN(CC)CC)CCCC1. The molecule has 1 rings (SSSR count). The minimum atomic E-state index is 0.585. The summed E-state index contributed by atoms with van der Waals surface area (Å²) in [6.45, 7) is 12.8. The molecule has 0 aromatic heterocycles. The Hall–Kier alpha value is -0.0800. The summed E-state index contributed by atoms with van der Waals surface area (Å²) in [4.78, 5) is 2.59. The van der Waals surface area contributed by atoms with E-state index in [-0.39, 0.29) is 0 Å². The lowest BCUT2D eigenvalue weighted by Gasteiger charge is -2.34. The molecule has 15 heavy (non-hydrogen) atoms. The zero-order chi connectivity index (χ0) is 11.1. The third-order valence-corrected chi connectivity index (χ3v) is 3.87. The van der Waals surface area contributed by atoms with Gasteiger partial charge in [-0.1, -0.05) is 33.6 Å². The molecule has 2 heteroatoms. The molecule has 1 aliphatic rings. The van der Waals surface area contributed by atoms with Gasteiger partial charge in [0.2, 0.25) is 0 Å². The summed E-state index contributed by atoms with van der Waals surface area (Å²) in [5.74, 6) is 0. The van der Waals surface area contributed by atoms with Gasteiger partial charge >= 0.3 is 0 Å². The van der Waals surface area contributed by atoms with Crippen molar-refractivity contribution >= 4 is 0 Å². The quantitative estimate of drug-likeness (QED) is 0.697. The van der Waals surface area contributed by atoms with Gasteiger partial charge in [-0.25, -0.2) is 0 Å². The zero-order valence-corrected chi connectivity index (χ0v) is 10.8. The highest BCUT2D eigenvalue weighted by Crippen LogP contribution is 2.38. The molecule has 0 saturated heterocycles. The lowest BCUT2D eigenvalue weighted by Crippen LogP contribution is -2.42. The van der Waals surface area contributed by atoms with Crippen LogP contribution in [-0.4, -0.2) is 37.6 Å². The molecule has 0 unspecified atom stereocenters. The van der Waals surface area contributed by atoms with Gasteiger partial charge in [0.25, 0.3) is 0 Å². The highest BCUT2D eigenvalue weighted by atomic mass is 15.1. The maximum Gasteiger partial charge on any atom is 0.00499 e. The molecule has 1 fully saturated rings. The lowest BCUT2D eigenvalue weighted by molar-refractivity contribution is 0.160. The van der Waals surface area contributed by atoms with Gasteiger partial charge in [-0.3, -0.25) is 0 Å². The van der Waals surface area contributed by atoms with E-state index in [1.165, 1.54) is 51.9 Å². The van der Waals surface area contributed by atoms with Gasteiger partial charge in [0.1, 0.15) is 0 Å². The van der Waals surface area contributed by atoms with Crippen LogP contribution >= 0.6 is 0 Å². The van der Waals surface area contributed by atoms with Crippen molar-refractivity contribution in [3.8, 4) is 0 Å². The predicted molar refractivity (Wildman–Crippen MR) is 67.2 cm³/mol. The fourth-order valence-corrected chi connectivity index (χ4v) is 2.83. The molecule has 0 bridgehead atoms. The normalized spacial score (nSPS) is 20.0. The number of hydrogen-bond acceptors (Lipinski definition) is 2. The summed E-state index contributed by atoms with van der Waals surface area (Å²) in [5, 5.41) is 3.56. The Kier molecular flexibility index (Phi) is 5.62. The van der Waals surface area contributed by atoms with Crippen molar-refractivity contribution in [2.24, 2.45) is 5.41 Å². The van der Waals surface area contributed by atoms with Gasteiger partial charge in [-0.2, -0.15) is 0 Å². The molecule has 1 aliphatic carbocycles. The molecule has 90 valence electrons. The molecule has 0 aromatic rings. The second-order valence-corrected chi connectivity index (χ2v) is 4.95. The van der Waals surface area contributed by atoms with E-state index >= 15 is 0 Å². The third-order valence-electron chi connectivity index (χ3n) is 3.87. The zero-order valence-electron chi connectivity index (χ0n) is 10.8. The van der Waals surface area contributed by atoms with Gasteiger partial charge in [0, 0.05) is 13.1 Å². The molecule has 0 radical (unpaired) electrons. The van der Waals surface area contributed by atoms with Crippen molar-refractivity contribution in [3.63, 3.8) is 0 Å². The van der Waals surface area contributed by atoms with Crippen LogP contribution in [0, 0.1) is 5.41 Å². The van der Waals surface area contributed by atoms with Crippen molar-refractivity contribution in [1.82, 2.24) is 10.2 Å². The van der Waals surface area contributed by atoms with Gasteiger partial charge in [0.05, 0.1) is 0 Å². The number of nitrogens with one attached hydrogen (secondary N) is 1. The van der Waals surface area contributed by atoms with E-state index in [0.29, 0.717) is 5.41 Å². The first-order chi connectivity index (χ1) is 7.26. The van der Waals surface area contributed by atoms with Crippen molar-refractivity contribution in [3.05, 3.63) is 0 Å². The minimum absolute atomic E-state index is 0.585. The monoisotopic (exact) mass is 212 g/mol. The highest BCUT2D eigenvalue weighted by molar-refractivity contribution is 4.89. The van der Waals surface area contributed by atoms with E-state index in [1.54, 1.807) is 0 Å². The standard InChI is InChI=1S/C13H28N2/c1-4-14-11-13(9-7-8-10-13)12-15(5-2)6-3/h14H,4-12H2,1-3H3. The molecule has 1 N–H and O–H groups in total. The number of nitrogens with zero attached hydrogens (tertiary/aromatic N) is 1. The summed E-state index contributed by atoms with van der Waals surface area (Å²) in [5.41, 5.74) is 0.585. The summed E-state index contributed by atoms with van der Waals surface area (Å²) < 4.78 is 0. The Labute approximate surface area is 95.4 Å². The molecule has 0 aliphatic heterocycles. The molecular weight excluding hydrogens is 184 g/mol. The van der Waals surface area contributed by atoms with Crippen LogP contribution in [0.3, 0.4) is 0 Å². The second kappa shape index (κ2) is 6.49. The maximum atomic E-state index is 3.56. The van der Waals surface area contributed by atoms with E-state index in [1.807, 2.05) is 0 Å². The summed E-state index contributed by atoms with van der Waals surface area (Å²) in [7, 11) is 0. The van der Waals surface area contributed by atoms with E-state index in [0.717, 1.165) is 6.54 Å². The minimum Gasteiger partial charge on any atom is -0.316 e. The molecule has 1 saturated carbocycles. The van der Waals surface area contributed by atoms with Crippen LogP contribution in [-0.2, 0) is 0 Å². The fourth-order valence-electron chi connectivity index (χ4n) is 2.83. The highest BCUT2D eigenvalue weighted by Gasteiger charge is 2.34. The second-order valence-electron chi connectivity index (χ2n) is 4.95. The number of rotatable bonds is 7. The van der Waals surface area contributed by atoms with E-state index in [4.69, 9.17) is 0 Å².